The lowest BCUT2D eigenvalue weighted by molar-refractivity contribution is 0.112. The van der Waals surface area contributed by atoms with E-state index in [1.54, 1.807) is 0 Å². The maximum Gasteiger partial charge on any atom is 0.152 e. The number of piperazine rings is 1. The average molecular weight is 280 g/mol. The fourth-order valence-corrected chi connectivity index (χ4v) is 3.02. The van der Waals surface area contributed by atoms with Crippen LogP contribution in [0.4, 0.5) is 5.69 Å². The highest BCUT2D eigenvalue weighted by Crippen LogP contribution is 2.31. The molecule has 0 bridgehead atoms. The normalized spacial score (nSPS) is 19.5. The van der Waals surface area contributed by atoms with E-state index in [1.165, 1.54) is 5.56 Å². The van der Waals surface area contributed by atoms with Crippen molar-refractivity contribution in [2.45, 2.75) is 6.04 Å². The summed E-state index contributed by atoms with van der Waals surface area (Å²) in [6.45, 7) is 2.91. The Morgan fingerprint density at radius 2 is 1.71 bits per heavy atom. The van der Waals surface area contributed by atoms with Gasteiger partial charge in [0.05, 0.1) is 6.04 Å². The highest BCUT2D eigenvalue weighted by molar-refractivity contribution is 5.84. The predicted octanol–water partition coefficient (Wildman–Crippen LogP) is 2.99. The van der Waals surface area contributed by atoms with Crippen LogP contribution in [0.25, 0.3) is 0 Å². The van der Waals surface area contributed by atoms with Crippen LogP contribution >= 0.6 is 0 Å². The van der Waals surface area contributed by atoms with Crippen molar-refractivity contribution in [3.05, 3.63) is 65.7 Å². The van der Waals surface area contributed by atoms with E-state index >= 15 is 0 Å². The van der Waals surface area contributed by atoms with Crippen LogP contribution in [0.2, 0.25) is 0 Å². The molecule has 0 amide bonds. The second-order valence-corrected chi connectivity index (χ2v) is 5.56. The van der Waals surface area contributed by atoms with E-state index in [1.807, 2.05) is 30.3 Å². The molecule has 0 spiro atoms. The molecule has 3 heteroatoms. The quantitative estimate of drug-likeness (QED) is 0.808. The smallest absolute Gasteiger partial charge is 0.152 e. The van der Waals surface area contributed by atoms with Crippen molar-refractivity contribution in [3.8, 4) is 0 Å². The number of hydrogen-bond donors (Lipinski definition) is 0. The maximum atomic E-state index is 11.3. The van der Waals surface area contributed by atoms with Crippen molar-refractivity contribution in [2.75, 3.05) is 31.6 Å². The van der Waals surface area contributed by atoms with Crippen LogP contribution in [0.1, 0.15) is 22.0 Å². The van der Waals surface area contributed by atoms with Crippen LogP contribution in [0.5, 0.6) is 0 Å². The molecule has 21 heavy (non-hydrogen) atoms. The van der Waals surface area contributed by atoms with Crippen molar-refractivity contribution in [1.82, 2.24) is 4.90 Å². The van der Waals surface area contributed by atoms with Gasteiger partial charge in [0.2, 0.25) is 0 Å². The van der Waals surface area contributed by atoms with Crippen molar-refractivity contribution in [2.24, 2.45) is 0 Å². The highest BCUT2D eigenvalue weighted by atomic mass is 16.1. The Balaban J connectivity index is 2.00. The largest absolute Gasteiger partial charge is 0.361 e. The number of likely N-dealkylation sites (N-methyl/N-ethyl adjacent to an activating group) is 1. The van der Waals surface area contributed by atoms with Crippen molar-refractivity contribution >= 4 is 12.0 Å². The third kappa shape index (κ3) is 2.83. The molecule has 0 aromatic heterocycles. The van der Waals surface area contributed by atoms with Gasteiger partial charge in [0, 0.05) is 30.9 Å². The molecule has 3 rings (SSSR count). The zero-order chi connectivity index (χ0) is 14.7. The molecule has 1 aliphatic rings. The lowest BCUT2D eigenvalue weighted by Gasteiger charge is -2.42. The SMILES string of the molecule is CN1CCN(c2ccccc2C=O)C(c2ccccc2)C1. The number of hydrogen-bond acceptors (Lipinski definition) is 3. The molecule has 0 N–H and O–H groups in total. The number of benzene rings is 2. The topological polar surface area (TPSA) is 23.6 Å². The summed E-state index contributed by atoms with van der Waals surface area (Å²) in [7, 11) is 2.15. The minimum Gasteiger partial charge on any atom is -0.361 e. The van der Waals surface area contributed by atoms with Crippen LogP contribution in [0.15, 0.2) is 54.6 Å². The van der Waals surface area contributed by atoms with Crippen LogP contribution < -0.4 is 4.90 Å². The van der Waals surface area contributed by atoms with Crippen LogP contribution in [0, 0.1) is 0 Å². The summed E-state index contributed by atoms with van der Waals surface area (Å²) in [5, 5.41) is 0. The van der Waals surface area contributed by atoms with Gasteiger partial charge in [-0.1, -0.05) is 42.5 Å². The molecule has 1 aliphatic heterocycles. The molecule has 1 fully saturated rings. The third-order valence-corrected chi connectivity index (χ3v) is 4.14. The van der Waals surface area contributed by atoms with E-state index in [-0.39, 0.29) is 6.04 Å². The van der Waals surface area contributed by atoms with E-state index in [4.69, 9.17) is 0 Å². The third-order valence-electron chi connectivity index (χ3n) is 4.14. The Kier molecular flexibility index (Phi) is 4.02. The average Bonchev–Trinajstić information content (AvgIpc) is 2.55. The van der Waals surface area contributed by atoms with E-state index in [2.05, 4.69) is 41.1 Å². The molecule has 0 radical (unpaired) electrons. The number of aldehydes is 1. The lowest BCUT2D eigenvalue weighted by atomic mass is 10.0. The second-order valence-electron chi connectivity index (χ2n) is 5.56. The molecule has 0 saturated carbocycles. The number of carbonyl (C=O) groups is 1. The Labute approximate surface area is 125 Å². The first kappa shape index (κ1) is 13.8. The fourth-order valence-electron chi connectivity index (χ4n) is 3.02. The molecule has 2 aromatic rings. The fraction of sp³-hybridized carbons (Fsp3) is 0.278. The summed E-state index contributed by atoms with van der Waals surface area (Å²) in [6.07, 6.45) is 0.954. The van der Waals surface area contributed by atoms with Crippen LogP contribution in [0.3, 0.4) is 0 Å². The Morgan fingerprint density at radius 3 is 2.48 bits per heavy atom. The van der Waals surface area contributed by atoms with Crippen LogP contribution in [-0.4, -0.2) is 37.9 Å². The summed E-state index contributed by atoms with van der Waals surface area (Å²) in [5.41, 5.74) is 3.10. The highest BCUT2D eigenvalue weighted by Gasteiger charge is 2.27. The monoisotopic (exact) mass is 280 g/mol. The molecule has 2 aromatic carbocycles. The molecule has 1 saturated heterocycles. The summed E-state index contributed by atoms with van der Waals surface area (Å²) in [6, 6.07) is 18.7. The Hall–Kier alpha value is -2.13. The second kappa shape index (κ2) is 6.10. The van der Waals surface area contributed by atoms with Gasteiger partial charge >= 0.3 is 0 Å². The van der Waals surface area contributed by atoms with Gasteiger partial charge in [-0.3, -0.25) is 4.79 Å². The van der Waals surface area contributed by atoms with E-state index < -0.39 is 0 Å². The van der Waals surface area contributed by atoms with Crippen molar-refractivity contribution in [1.29, 1.82) is 0 Å². The minimum absolute atomic E-state index is 0.283. The standard InChI is InChI=1S/C18H20N2O/c1-19-11-12-20(17-10-6-5-9-16(17)14-21)18(13-19)15-7-3-2-4-8-15/h2-10,14,18H,11-13H2,1H3. The zero-order valence-electron chi connectivity index (χ0n) is 12.3. The van der Waals surface area contributed by atoms with Gasteiger partial charge in [0.15, 0.2) is 6.29 Å². The van der Waals surface area contributed by atoms with Gasteiger partial charge in [-0.2, -0.15) is 0 Å². The number of rotatable bonds is 3. The van der Waals surface area contributed by atoms with Gasteiger partial charge < -0.3 is 9.80 Å². The Bertz CT molecular complexity index is 612. The minimum atomic E-state index is 0.283. The molecular weight excluding hydrogens is 260 g/mol. The molecule has 0 aliphatic carbocycles. The van der Waals surface area contributed by atoms with Crippen molar-refractivity contribution in [3.63, 3.8) is 0 Å². The summed E-state index contributed by atoms with van der Waals surface area (Å²) >= 11 is 0. The summed E-state index contributed by atoms with van der Waals surface area (Å²) in [4.78, 5) is 16.0. The lowest BCUT2D eigenvalue weighted by Crippen LogP contribution is -2.47. The first-order chi connectivity index (χ1) is 10.3. The van der Waals surface area contributed by atoms with Gasteiger partial charge in [0.1, 0.15) is 0 Å². The molecule has 1 heterocycles. The number of anilines is 1. The molecule has 1 atom stereocenters. The number of para-hydroxylation sites is 1. The first-order valence-electron chi connectivity index (χ1n) is 7.34. The van der Waals surface area contributed by atoms with E-state index in [0.717, 1.165) is 37.2 Å². The zero-order valence-corrected chi connectivity index (χ0v) is 12.3. The number of carbonyl (C=O) groups excluding carboxylic acids is 1. The Morgan fingerprint density at radius 1 is 1.00 bits per heavy atom. The molecular formula is C18H20N2O. The van der Waals surface area contributed by atoms with Gasteiger partial charge in [-0.15, -0.1) is 0 Å². The van der Waals surface area contributed by atoms with E-state index in [9.17, 15) is 4.79 Å². The van der Waals surface area contributed by atoms with Gasteiger partial charge in [-0.05, 0) is 24.7 Å². The van der Waals surface area contributed by atoms with Crippen LogP contribution in [-0.2, 0) is 0 Å². The maximum absolute atomic E-state index is 11.3. The van der Waals surface area contributed by atoms with E-state index in [0.29, 0.717) is 0 Å². The molecule has 3 nitrogen and oxygen atoms in total. The van der Waals surface area contributed by atoms with Gasteiger partial charge in [-0.25, -0.2) is 0 Å². The summed E-state index contributed by atoms with van der Waals surface area (Å²) in [5.74, 6) is 0. The predicted molar refractivity (Wildman–Crippen MR) is 85.9 cm³/mol. The summed E-state index contributed by atoms with van der Waals surface area (Å²) < 4.78 is 0. The van der Waals surface area contributed by atoms with Gasteiger partial charge in [0.25, 0.3) is 0 Å². The first-order valence-corrected chi connectivity index (χ1v) is 7.34. The number of nitrogens with zero attached hydrogens (tertiary/aromatic N) is 2. The van der Waals surface area contributed by atoms with Crippen molar-refractivity contribution < 1.29 is 4.79 Å². The molecule has 108 valence electrons. The molecule has 1 unspecified atom stereocenters.